The van der Waals surface area contributed by atoms with Crippen molar-refractivity contribution in [2.45, 2.75) is 59.7 Å². The van der Waals surface area contributed by atoms with Gasteiger partial charge in [-0.05, 0) is 57.4 Å². The summed E-state index contributed by atoms with van der Waals surface area (Å²) in [5.41, 5.74) is 3.97. The van der Waals surface area contributed by atoms with Crippen LogP contribution in [0, 0.1) is 13.8 Å². The van der Waals surface area contributed by atoms with Crippen LogP contribution in [0.3, 0.4) is 0 Å². The van der Waals surface area contributed by atoms with Gasteiger partial charge in [-0.3, -0.25) is 9.59 Å². The Bertz CT molecular complexity index is 848. The first kappa shape index (κ1) is 22.0. The summed E-state index contributed by atoms with van der Waals surface area (Å²) >= 11 is 6.31. The fourth-order valence-corrected chi connectivity index (χ4v) is 3.25. The largest absolute Gasteiger partial charge is 0.352 e. The highest BCUT2D eigenvalue weighted by atomic mass is 35.5. The molecule has 2 aromatic carbocycles. The van der Waals surface area contributed by atoms with Crippen molar-refractivity contribution in [2.24, 2.45) is 0 Å². The van der Waals surface area contributed by atoms with E-state index in [0.29, 0.717) is 5.02 Å². The summed E-state index contributed by atoms with van der Waals surface area (Å²) in [6, 6.07) is 12.9. The minimum Gasteiger partial charge on any atom is -0.352 e. The van der Waals surface area contributed by atoms with Gasteiger partial charge in [0.05, 0.1) is 6.42 Å². The number of amides is 2. The molecule has 5 heteroatoms. The molecule has 2 amide bonds. The summed E-state index contributed by atoms with van der Waals surface area (Å²) in [5, 5.41) is 3.48. The molecule has 2 aromatic rings. The van der Waals surface area contributed by atoms with Crippen LogP contribution in [0.2, 0.25) is 5.02 Å². The van der Waals surface area contributed by atoms with Gasteiger partial charge in [-0.25, -0.2) is 0 Å². The quantitative estimate of drug-likeness (QED) is 0.746. The standard InChI is InChI=1S/C23H29ClN2O2/c1-15(2)25-23(28)18(5)26(14-19-8-6-7-9-21(19)24)22(27)13-20-12-16(3)10-11-17(20)4/h6-12,15,18H,13-14H2,1-5H3,(H,25,28). The van der Waals surface area contributed by atoms with Crippen LogP contribution >= 0.6 is 11.6 Å². The molecule has 0 saturated heterocycles. The lowest BCUT2D eigenvalue weighted by Gasteiger charge is -2.30. The smallest absolute Gasteiger partial charge is 0.242 e. The van der Waals surface area contributed by atoms with Gasteiger partial charge in [-0.2, -0.15) is 0 Å². The second-order valence-corrected chi connectivity index (χ2v) is 7.97. The number of nitrogens with zero attached hydrogens (tertiary/aromatic N) is 1. The third-order valence-corrected chi connectivity index (χ3v) is 5.11. The van der Waals surface area contributed by atoms with E-state index in [0.717, 1.165) is 22.3 Å². The lowest BCUT2D eigenvalue weighted by molar-refractivity contribution is -0.140. The summed E-state index contributed by atoms with van der Waals surface area (Å²) in [7, 11) is 0. The maximum atomic E-state index is 13.2. The number of hydrogen-bond acceptors (Lipinski definition) is 2. The van der Waals surface area contributed by atoms with Gasteiger partial charge in [0.1, 0.15) is 6.04 Å². The zero-order valence-electron chi connectivity index (χ0n) is 17.3. The fourth-order valence-electron chi connectivity index (χ4n) is 3.05. The zero-order valence-corrected chi connectivity index (χ0v) is 18.0. The number of aryl methyl sites for hydroxylation is 2. The molecule has 28 heavy (non-hydrogen) atoms. The molecule has 0 aliphatic heterocycles. The average Bonchev–Trinajstić information content (AvgIpc) is 2.62. The normalized spacial score (nSPS) is 12.0. The monoisotopic (exact) mass is 400 g/mol. The maximum Gasteiger partial charge on any atom is 0.242 e. The molecule has 150 valence electrons. The number of nitrogens with one attached hydrogen (secondary N) is 1. The zero-order chi connectivity index (χ0) is 20.8. The Labute approximate surface area is 172 Å². The van der Waals surface area contributed by atoms with Gasteiger partial charge in [0.2, 0.25) is 11.8 Å². The van der Waals surface area contributed by atoms with Crippen LogP contribution in [0.4, 0.5) is 0 Å². The van der Waals surface area contributed by atoms with Crippen LogP contribution in [0.15, 0.2) is 42.5 Å². The number of benzene rings is 2. The van der Waals surface area contributed by atoms with Crippen LogP contribution in [0.25, 0.3) is 0 Å². The van der Waals surface area contributed by atoms with E-state index >= 15 is 0 Å². The van der Waals surface area contributed by atoms with E-state index in [1.165, 1.54) is 0 Å². The summed E-state index contributed by atoms with van der Waals surface area (Å²) in [6.07, 6.45) is 0.247. The Morgan fingerprint density at radius 2 is 1.71 bits per heavy atom. The number of rotatable bonds is 7. The molecule has 0 bridgehead atoms. The van der Waals surface area contributed by atoms with Gasteiger partial charge in [-0.1, -0.05) is 53.6 Å². The Morgan fingerprint density at radius 1 is 1.04 bits per heavy atom. The first-order valence-corrected chi connectivity index (χ1v) is 9.96. The van der Waals surface area contributed by atoms with Gasteiger partial charge >= 0.3 is 0 Å². The predicted molar refractivity (Wildman–Crippen MR) is 114 cm³/mol. The molecule has 0 aromatic heterocycles. The number of carbonyl (C=O) groups is 2. The number of carbonyl (C=O) groups excluding carboxylic acids is 2. The van der Waals surface area contributed by atoms with E-state index in [9.17, 15) is 9.59 Å². The first-order chi connectivity index (χ1) is 13.2. The predicted octanol–water partition coefficient (Wildman–Crippen LogP) is 4.44. The van der Waals surface area contributed by atoms with Gasteiger partial charge in [0, 0.05) is 17.6 Å². The summed E-state index contributed by atoms with van der Waals surface area (Å²) < 4.78 is 0. The van der Waals surface area contributed by atoms with Gasteiger partial charge in [0.15, 0.2) is 0 Å². The third-order valence-electron chi connectivity index (χ3n) is 4.74. The molecule has 1 atom stereocenters. The van der Waals surface area contributed by atoms with Crippen molar-refractivity contribution >= 4 is 23.4 Å². The number of hydrogen-bond donors (Lipinski definition) is 1. The summed E-state index contributed by atoms with van der Waals surface area (Å²) in [4.78, 5) is 27.4. The van der Waals surface area contributed by atoms with E-state index in [-0.39, 0.29) is 30.8 Å². The third kappa shape index (κ3) is 5.83. The van der Waals surface area contributed by atoms with Crippen LogP contribution in [-0.2, 0) is 22.6 Å². The van der Waals surface area contributed by atoms with Crippen molar-refractivity contribution in [1.82, 2.24) is 10.2 Å². The maximum absolute atomic E-state index is 13.2. The molecule has 2 rings (SSSR count). The molecule has 0 radical (unpaired) electrons. The Morgan fingerprint density at radius 3 is 2.36 bits per heavy atom. The SMILES string of the molecule is Cc1ccc(C)c(CC(=O)N(Cc2ccccc2Cl)C(C)C(=O)NC(C)C)c1. The van der Waals surface area contributed by atoms with Gasteiger partial charge in [0.25, 0.3) is 0 Å². The summed E-state index contributed by atoms with van der Waals surface area (Å²) in [6.45, 7) is 9.86. The van der Waals surface area contributed by atoms with Crippen molar-refractivity contribution in [1.29, 1.82) is 0 Å². The highest BCUT2D eigenvalue weighted by molar-refractivity contribution is 6.31. The lowest BCUT2D eigenvalue weighted by Crippen LogP contribution is -2.49. The van der Waals surface area contributed by atoms with Crippen LogP contribution in [0.1, 0.15) is 43.0 Å². The second-order valence-electron chi connectivity index (χ2n) is 7.56. The van der Waals surface area contributed by atoms with Gasteiger partial charge < -0.3 is 10.2 Å². The molecular weight excluding hydrogens is 372 g/mol. The van der Waals surface area contributed by atoms with E-state index in [1.807, 2.05) is 64.1 Å². The molecule has 0 aliphatic rings. The van der Waals surface area contributed by atoms with Crippen LogP contribution < -0.4 is 5.32 Å². The number of halogens is 1. The van der Waals surface area contributed by atoms with Crippen LogP contribution in [0.5, 0.6) is 0 Å². The lowest BCUT2D eigenvalue weighted by atomic mass is 10.0. The van der Waals surface area contributed by atoms with Crippen molar-refractivity contribution in [3.8, 4) is 0 Å². The molecule has 0 heterocycles. The molecule has 0 aliphatic carbocycles. The molecule has 0 spiro atoms. The molecule has 1 N–H and O–H groups in total. The summed E-state index contributed by atoms with van der Waals surface area (Å²) in [5.74, 6) is -0.267. The molecule has 1 unspecified atom stereocenters. The first-order valence-electron chi connectivity index (χ1n) is 9.58. The minimum absolute atomic E-state index is 0.00577. The topological polar surface area (TPSA) is 49.4 Å². The molecule has 0 saturated carbocycles. The molecule has 0 fully saturated rings. The Balaban J connectivity index is 2.30. The Hall–Kier alpha value is -2.33. The molecular formula is C23H29ClN2O2. The van der Waals surface area contributed by atoms with E-state index in [4.69, 9.17) is 11.6 Å². The minimum atomic E-state index is -0.601. The Kier molecular flexibility index (Phi) is 7.64. The van der Waals surface area contributed by atoms with E-state index < -0.39 is 6.04 Å². The van der Waals surface area contributed by atoms with E-state index in [1.54, 1.807) is 17.9 Å². The van der Waals surface area contributed by atoms with Crippen molar-refractivity contribution < 1.29 is 9.59 Å². The highest BCUT2D eigenvalue weighted by Gasteiger charge is 2.27. The van der Waals surface area contributed by atoms with Crippen LogP contribution in [-0.4, -0.2) is 28.8 Å². The van der Waals surface area contributed by atoms with Gasteiger partial charge in [-0.15, -0.1) is 0 Å². The second kappa shape index (κ2) is 9.74. The fraction of sp³-hybridized carbons (Fsp3) is 0.391. The average molecular weight is 401 g/mol. The molecule has 4 nitrogen and oxygen atoms in total. The van der Waals surface area contributed by atoms with Crippen molar-refractivity contribution in [2.75, 3.05) is 0 Å². The van der Waals surface area contributed by atoms with Crippen molar-refractivity contribution in [3.05, 3.63) is 69.7 Å². The highest BCUT2D eigenvalue weighted by Crippen LogP contribution is 2.20. The van der Waals surface area contributed by atoms with Crippen molar-refractivity contribution in [3.63, 3.8) is 0 Å². The van der Waals surface area contributed by atoms with E-state index in [2.05, 4.69) is 5.32 Å².